The van der Waals surface area contributed by atoms with Gasteiger partial charge in [0.25, 0.3) is 5.91 Å². The summed E-state index contributed by atoms with van der Waals surface area (Å²) >= 11 is 0. The molecule has 1 heterocycles. The lowest BCUT2D eigenvalue weighted by molar-refractivity contribution is 0.102. The van der Waals surface area contributed by atoms with Gasteiger partial charge < -0.3 is 10.2 Å². The van der Waals surface area contributed by atoms with Crippen molar-refractivity contribution in [3.63, 3.8) is 0 Å². The molecule has 0 saturated heterocycles. The number of benzene rings is 1. The molecule has 0 aliphatic carbocycles. The van der Waals surface area contributed by atoms with E-state index in [-0.39, 0.29) is 5.91 Å². The quantitative estimate of drug-likeness (QED) is 0.928. The average Bonchev–Trinajstić information content (AvgIpc) is 2.47. The zero-order valence-electron chi connectivity index (χ0n) is 12.1. The average molecular weight is 269 g/mol. The van der Waals surface area contributed by atoms with Gasteiger partial charge in [-0.3, -0.25) is 4.79 Å². The minimum Gasteiger partial charge on any atom is -0.362 e. The summed E-state index contributed by atoms with van der Waals surface area (Å²) in [6.07, 6.45) is 2.57. The highest BCUT2D eigenvalue weighted by molar-refractivity contribution is 6.07. The molecule has 1 aromatic carbocycles. The molecule has 1 amide bonds. The first-order valence-electron chi connectivity index (χ1n) is 6.65. The second kappa shape index (κ2) is 6.19. The van der Waals surface area contributed by atoms with Gasteiger partial charge in [0.1, 0.15) is 5.82 Å². The third-order valence-electron chi connectivity index (χ3n) is 3.10. The fraction of sp³-hybridized carbons (Fsp3) is 0.250. The molecule has 2 aromatic rings. The van der Waals surface area contributed by atoms with Crippen molar-refractivity contribution in [3.05, 3.63) is 53.7 Å². The number of hydrogen-bond donors (Lipinski definition) is 1. The third-order valence-corrected chi connectivity index (χ3v) is 3.10. The number of rotatable bonds is 4. The van der Waals surface area contributed by atoms with Crippen molar-refractivity contribution in [1.29, 1.82) is 0 Å². The van der Waals surface area contributed by atoms with Crippen LogP contribution in [0.25, 0.3) is 0 Å². The zero-order valence-corrected chi connectivity index (χ0v) is 12.1. The molecule has 0 bridgehead atoms. The van der Waals surface area contributed by atoms with Gasteiger partial charge in [0.15, 0.2) is 0 Å². The van der Waals surface area contributed by atoms with Crippen LogP contribution in [0.15, 0.2) is 42.6 Å². The molecule has 1 N–H and O–H groups in total. The van der Waals surface area contributed by atoms with Gasteiger partial charge in [-0.25, -0.2) is 4.98 Å². The molecule has 4 nitrogen and oxygen atoms in total. The molecule has 104 valence electrons. The van der Waals surface area contributed by atoms with Crippen LogP contribution >= 0.6 is 0 Å². The largest absolute Gasteiger partial charge is 0.362 e. The first kappa shape index (κ1) is 14.1. The number of para-hydroxylation sites is 1. The predicted octanol–water partition coefficient (Wildman–Crippen LogP) is 2.96. The van der Waals surface area contributed by atoms with E-state index in [9.17, 15) is 4.79 Å². The fourth-order valence-electron chi connectivity index (χ4n) is 2.07. The van der Waals surface area contributed by atoms with E-state index in [0.29, 0.717) is 11.4 Å². The predicted molar refractivity (Wildman–Crippen MR) is 82.3 cm³/mol. The highest BCUT2D eigenvalue weighted by Crippen LogP contribution is 2.19. The third kappa shape index (κ3) is 2.96. The summed E-state index contributed by atoms with van der Waals surface area (Å²) in [6, 6.07) is 11.4. The van der Waals surface area contributed by atoms with E-state index >= 15 is 0 Å². The van der Waals surface area contributed by atoms with E-state index in [0.717, 1.165) is 17.7 Å². The van der Waals surface area contributed by atoms with Gasteiger partial charge in [0, 0.05) is 26.0 Å². The standard InChI is InChI=1S/C16H19N3O/c1-4-12-8-5-6-10-14(12)18-16(20)13-9-7-11-17-15(13)19(2)3/h5-11H,4H2,1-3H3,(H,18,20). The molecule has 0 aliphatic heterocycles. The molecule has 1 aromatic heterocycles. The summed E-state index contributed by atoms with van der Waals surface area (Å²) < 4.78 is 0. The van der Waals surface area contributed by atoms with Crippen LogP contribution in [0, 0.1) is 0 Å². The molecule has 0 aliphatic rings. The van der Waals surface area contributed by atoms with Crippen molar-refractivity contribution in [2.24, 2.45) is 0 Å². The Morgan fingerprint density at radius 2 is 1.95 bits per heavy atom. The number of amides is 1. The minimum atomic E-state index is -0.136. The van der Waals surface area contributed by atoms with Crippen LogP contribution in [-0.4, -0.2) is 25.0 Å². The Labute approximate surface area is 119 Å². The second-order valence-corrected chi connectivity index (χ2v) is 4.73. The normalized spacial score (nSPS) is 10.2. The monoisotopic (exact) mass is 269 g/mol. The number of nitrogens with one attached hydrogen (secondary N) is 1. The smallest absolute Gasteiger partial charge is 0.259 e. The minimum absolute atomic E-state index is 0.136. The molecule has 0 unspecified atom stereocenters. The Bertz CT molecular complexity index is 608. The summed E-state index contributed by atoms with van der Waals surface area (Å²) in [5, 5.41) is 2.97. The van der Waals surface area contributed by atoms with Gasteiger partial charge in [-0.2, -0.15) is 0 Å². The summed E-state index contributed by atoms with van der Waals surface area (Å²) in [4.78, 5) is 18.5. The van der Waals surface area contributed by atoms with Gasteiger partial charge in [-0.05, 0) is 30.2 Å². The molecule has 2 rings (SSSR count). The summed E-state index contributed by atoms with van der Waals surface area (Å²) in [5.74, 6) is 0.529. The maximum absolute atomic E-state index is 12.4. The van der Waals surface area contributed by atoms with Gasteiger partial charge >= 0.3 is 0 Å². The number of carbonyl (C=O) groups is 1. The topological polar surface area (TPSA) is 45.2 Å². The van der Waals surface area contributed by atoms with Crippen LogP contribution in [0.3, 0.4) is 0 Å². The highest BCUT2D eigenvalue weighted by Gasteiger charge is 2.14. The first-order chi connectivity index (χ1) is 9.63. The lowest BCUT2D eigenvalue weighted by Gasteiger charge is -2.16. The maximum atomic E-state index is 12.4. The number of pyridine rings is 1. The zero-order chi connectivity index (χ0) is 14.5. The van der Waals surface area contributed by atoms with Crippen LogP contribution in [-0.2, 0) is 6.42 Å². The number of hydrogen-bond acceptors (Lipinski definition) is 3. The first-order valence-corrected chi connectivity index (χ1v) is 6.65. The molecule has 4 heteroatoms. The molecule has 0 fully saturated rings. The summed E-state index contributed by atoms with van der Waals surface area (Å²) in [6.45, 7) is 2.07. The molecular formula is C16H19N3O. The van der Waals surface area contributed by atoms with Crippen LogP contribution in [0.4, 0.5) is 11.5 Å². The molecule has 0 atom stereocenters. The van der Waals surface area contributed by atoms with E-state index in [1.165, 1.54) is 0 Å². The Hall–Kier alpha value is -2.36. The number of aryl methyl sites for hydroxylation is 1. The van der Waals surface area contributed by atoms with Crippen molar-refractivity contribution in [3.8, 4) is 0 Å². The van der Waals surface area contributed by atoms with Crippen molar-refractivity contribution >= 4 is 17.4 Å². The van der Waals surface area contributed by atoms with Crippen LogP contribution < -0.4 is 10.2 Å². The lowest BCUT2D eigenvalue weighted by Crippen LogP contribution is -2.20. The second-order valence-electron chi connectivity index (χ2n) is 4.73. The molecule has 20 heavy (non-hydrogen) atoms. The van der Waals surface area contributed by atoms with Gasteiger partial charge in [-0.15, -0.1) is 0 Å². The molecule has 0 spiro atoms. The molecule has 0 saturated carbocycles. The van der Waals surface area contributed by atoms with E-state index in [1.807, 2.05) is 43.3 Å². The Kier molecular flexibility index (Phi) is 4.35. The number of carbonyl (C=O) groups excluding carboxylic acids is 1. The molecule has 0 radical (unpaired) electrons. The van der Waals surface area contributed by atoms with Gasteiger partial charge in [-0.1, -0.05) is 25.1 Å². The van der Waals surface area contributed by atoms with Crippen molar-refractivity contribution < 1.29 is 4.79 Å². The molecular weight excluding hydrogens is 250 g/mol. The highest BCUT2D eigenvalue weighted by atomic mass is 16.1. The van der Waals surface area contributed by atoms with Crippen LogP contribution in [0.2, 0.25) is 0 Å². The summed E-state index contributed by atoms with van der Waals surface area (Å²) in [7, 11) is 3.75. The van der Waals surface area contributed by atoms with E-state index in [2.05, 4.69) is 17.2 Å². The van der Waals surface area contributed by atoms with Crippen molar-refractivity contribution in [2.75, 3.05) is 24.3 Å². The van der Waals surface area contributed by atoms with E-state index < -0.39 is 0 Å². The summed E-state index contributed by atoms with van der Waals surface area (Å²) in [5.41, 5.74) is 2.55. The lowest BCUT2D eigenvalue weighted by atomic mass is 10.1. The van der Waals surface area contributed by atoms with Gasteiger partial charge in [0.2, 0.25) is 0 Å². The number of anilines is 2. The van der Waals surface area contributed by atoms with Gasteiger partial charge in [0.05, 0.1) is 5.56 Å². The SMILES string of the molecule is CCc1ccccc1NC(=O)c1cccnc1N(C)C. The van der Waals surface area contributed by atoms with E-state index in [4.69, 9.17) is 0 Å². The number of aromatic nitrogens is 1. The Balaban J connectivity index is 2.29. The Morgan fingerprint density at radius 1 is 1.20 bits per heavy atom. The Morgan fingerprint density at radius 3 is 2.65 bits per heavy atom. The van der Waals surface area contributed by atoms with Crippen molar-refractivity contribution in [2.45, 2.75) is 13.3 Å². The van der Waals surface area contributed by atoms with Crippen molar-refractivity contribution in [1.82, 2.24) is 4.98 Å². The van der Waals surface area contributed by atoms with E-state index in [1.54, 1.807) is 18.3 Å². The fourth-order valence-corrected chi connectivity index (χ4v) is 2.07. The maximum Gasteiger partial charge on any atom is 0.259 e. The number of nitrogens with zero attached hydrogens (tertiary/aromatic N) is 2. The van der Waals surface area contributed by atoms with Crippen LogP contribution in [0.1, 0.15) is 22.8 Å². The van der Waals surface area contributed by atoms with Crippen LogP contribution in [0.5, 0.6) is 0 Å².